The molecule has 2 aromatic carbocycles. The van der Waals surface area contributed by atoms with Crippen molar-refractivity contribution in [3.05, 3.63) is 65.9 Å². The van der Waals surface area contributed by atoms with E-state index in [0.29, 0.717) is 13.0 Å². The number of H-pyrrole nitrogens is 1. The summed E-state index contributed by atoms with van der Waals surface area (Å²) in [6, 6.07) is 18.0. The molecule has 7 nitrogen and oxygen atoms in total. The molecule has 1 aliphatic heterocycles. The minimum absolute atomic E-state index is 0.428. The summed E-state index contributed by atoms with van der Waals surface area (Å²) < 4.78 is 5.11. The van der Waals surface area contributed by atoms with Crippen molar-refractivity contribution in [2.24, 2.45) is 5.41 Å². The zero-order valence-corrected chi connectivity index (χ0v) is 23.0. The van der Waals surface area contributed by atoms with Gasteiger partial charge in [0.05, 0.1) is 7.11 Å². The van der Waals surface area contributed by atoms with Gasteiger partial charge in [-0.2, -0.15) is 0 Å². The molecule has 0 unspecified atom stereocenters. The number of methoxy groups -OCH3 is 1. The van der Waals surface area contributed by atoms with Gasteiger partial charge in [0.25, 0.3) is 0 Å². The molecule has 1 aliphatic carbocycles. The van der Waals surface area contributed by atoms with Gasteiger partial charge in [0, 0.05) is 42.7 Å². The molecule has 3 aromatic rings. The van der Waals surface area contributed by atoms with Gasteiger partial charge in [-0.3, -0.25) is 4.79 Å². The van der Waals surface area contributed by atoms with Crippen LogP contribution in [0.3, 0.4) is 0 Å². The van der Waals surface area contributed by atoms with Gasteiger partial charge in [0.2, 0.25) is 6.41 Å². The number of aromatic amines is 1. The number of amides is 1. The van der Waals surface area contributed by atoms with Crippen LogP contribution < -0.4 is 15.4 Å². The van der Waals surface area contributed by atoms with Crippen LogP contribution in [-0.4, -0.2) is 62.9 Å². The van der Waals surface area contributed by atoms with Crippen LogP contribution in [0.25, 0.3) is 10.9 Å². The first-order chi connectivity index (χ1) is 18.6. The molecule has 0 bridgehead atoms. The number of benzene rings is 2. The Hall–Kier alpha value is -3.16. The van der Waals surface area contributed by atoms with Crippen molar-refractivity contribution in [1.29, 1.82) is 0 Å². The van der Waals surface area contributed by atoms with E-state index in [9.17, 15) is 9.59 Å². The lowest BCUT2D eigenvalue weighted by atomic mass is 9.78. The second-order valence-electron chi connectivity index (χ2n) is 10.4. The second-order valence-corrected chi connectivity index (χ2v) is 10.4. The van der Waals surface area contributed by atoms with Crippen molar-refractivity contribution in [3.8, 4) is 5.75 Å². The molecule has 7 heteroatoms. The number of rotatable bonds is 9. The molecule has 1 saturated heterocycles. The zero-order valence-electron chi connectivity index (χ0n) is 23.0. The molecule has 2 fully saturated rings. The molecule has 206 valence electrons. The highest BCUT2D eigenvalue weighted by Crippen LogP contribution is 2.44. The van der Waals surface area contributed by atoms with E-state index in [4.69, 9.17) is 4.74 Å². The van der Waals surface area contributed by atoms with Gasteiger partial charge in [0.1, 0.15) is 12.0 Å². The number of fused-ring (bicyclic) bond motifs is 1. The Labute approximate surface area is 227 Å². The van der Waals surface area contributed by atoms with E-state index in [2.05, 4.69) is 32.7 Å². The Morgan fingerprint density at radius 3 is 2.39 bits per heavy atom. The van der Waals surface area contributed by atoms with Gasteiger partial charge in [-0.15, -0.1) is 0 Å². The fourth-order valence-corrected chi connectivity index (χ4v) is 5.37. The van der Waals surface area contributed by atoms with Crippen molar-refractivity contribution < 1.29 is 14.3 Å². The fourth-order valence-electron chi connectivity index (χ4n) is 5.37. The summed E-state index contributed by atoms with van der Waals surface area (Å²) in [6.07, 6.45) is 11.0. The monoisotopic (exact) mass is 520 g/mol. The number of aldehydes is 1. The van der Waals surface area contributed by atoms with Crippen LogP contribution in [-0.2, 0) is 22.6 Å². The second kappa shape index (κ2) is 15.9. The quantitative estimate of drug-likeness (QED) is 0.281. The molecule has 1 spiro atoms. The lowest BCUT2D eigenvalue weighted by molar-refractivity contribution is -0.109. The first-order valence-electron chi connectivity index (χ1n) is 13.8. The zero-order chi connectivity index (χ0) is 27.1. The smallest absolute Gasteiger partial charge is 0.207 e. The maximum atomic E-state index is 10.3. The summed E-state index contributed by atoms with van der Waals surface area (Å²) in [7, 11) is 3.68. The van der Waals surface area contributed by atoms with E-state index in [1.807, 2.05) is 49.5 Å². The minimum atomic E-state index is 0.428. The van der Waals surface area contributed by atoms with E-state index in [1.54, 1.807) is 7.11 Å². The van der Waals surface area contributed by atoms with Gasteiger partial charge in [-0.25, -0.2) is 0 Å². The maximum absolute atomic E-state index is 10.3. The highest BCUT2D eigenvalue weighted by atomic mass is 16.5. The van der Waals surface area contributed by atoms with Crippen LogP contribution in [0.5, 0.6) is 5.75 Å². The minimum Gasteiger partial charge on any atom is -0.497 e. The van der Waals surface area contributed by atoms with Crippen LogP contribution in [0.15, 0.2) is 54.6 Å². The highest BCUT2D eigenvalue weighted by molar-refractivity contribution is 5.82. The number of likely N-dealkylation sites (N-methyl/N-ethyl adjacent to an activating group) is 1. The topological polar surface area (TPSA) is 86.5 Å². The van der Waals surface area contributed by atoms with Gasteiger partial charge < -0.3 is 30.0 Å². The predicted molar refractivity (Wildman–Crippen MR) is 154 cm³/mol. The number of hydrogen-bond acceptors (Lipinski definition) is 5. The van der Waals surface area contributed by atoms with Crippen LogP contribution in [0, 0.1) is 5.41 Å². The number of piperidine rings is 1. The molecular formula is C31H44N4O3. The maximum Gasteiger partial charge on any atom is 0.207 e. The third-order valence-electron chi connectivity index (χ3n) is 7.53. The lowest BCUT2D eigenvalue weighted by Gasteiger charge is -2.33. The molecule has 1 aromatic heterocycles. The van der Waals surface area contributed by atoms with E-state index in [1.165, 1.54) is 57.2 Å². The normalized spacial score (nSPS) is 15.8. The first kappa shape index (κ1) is 29.4. The number of carbonyl (C=O) groups is 2. The molecule has 1 saturated carbocycles. The predicted octanol–water partition coefficient (Wildman–Crippen LogP) is 4.71. The summed E-state index contributed by atoms with van der Waals surface area (Å²) in [5, 5.41) is 7.15. The number of ether oxygens (including phenoxy) is 1. The molecule has 5 rings (SSSR count). The molecular weight excluding hydrogens is 476 g/mol. The van der Waals surface area contributed by atoms with Crippen molar-refractivity contribution in [3.63, 3.8) is 0 Å². The Morgan fingerprint density at radius 2 is 1.74 bits per heavy atom. The third-order valence-corrected chi connectivity index (χ3v) is 7.53. The van der Waals surface area contributed by atoms with Crippen LogP contribution in [0.2, 0.25) is 0 Å². The summed E-state index contributed by atoms with van der Waals surface area (Å²) >= 11 is 0. The Morgan fingerprint density at radius 1 is 1.00 bits per heavy atom. The number of nitrogens with one attached hydrogen (secondary N) is 3. The molecule has 1 amide bonds. The largest absolute Gasteiger partial charge is 0.497 e. The summed E-state index contributed by atoms with van der Waals surface area (Å²) in [5.74, 6) is 0.828. The van der Waals surface area contributed by atoms with Crippen LogP contribution in [0.4, 0.5) is 0 Å². The number of carbonyl (C=O) groups excluding carboxylic acids is 2. The SMILES string of the molecule is C1CCC2(C1)CCNCC2.CN(CCNC=O)Cc1ccccc1.COc1ccc2[nH]c(CC=O)cc2c1. The van der Waals surface area contributed by atoms with E-state index >= 15 is 0 Å². The molecule has 2 aliphatic rings. The first-order valence-corrected chi connectivity index (χ1v) is 13.8. The van der Waals surface area contributed by atoms with Gasteiger partial charge in [-0.05, 0) is 81.1 Å². The number of nitrogens with zero attached hydrogens (tertiary/aromatic N) is 1. The molecule has 0 atom stereocenters. The van der Waals surface area contributed by atoms with E-state index in [-0.39, 0.29) is 0 Å². The lowest BCUT2D eigenvalue weighted by Crippen LogP contribution is -2.34. The van der Waals surface area contributed by atoms with Crippen LogP contribution >= 0.6 is 0 Å². The van der Waals surface area contributed by atoms with Gasteiger partial charge in [0.15, 0.2) is 0 Å². The van der Waals surface area contributed by atoms with Gasteiger partial charge in [-0.1, -0.05) is 43.2 Å². The number of aromatic nitrogens is 1. The summed E-state index contributed by atoms with van der Waals surface area (Å²) in [4.78, 5) is 25.7. The van der Waals surface area contributed by atoms with E-state index in [0.717, 1.165) is 53.5 Å². The van der Waals surface area contributed by atoms with Crippen molar-refractivity contribution >= 4 is 23.6 Å². The van der Waals surface area contributed by atoms with Crippen molar-refractivity contribution in [1.82, 2.24) is 20.5 Å². The molecule has 38 heavy (non-hydrogen) atoms. The summed E-state index contributed by atoms with van der Waals surface area (Å²) in [6.45, 7) is 5.04. The Kier molecular flexibility index (Phi) is 12.3. The summed E-state index contributed by atoms with van der Waals surface area (Å²) in [5.41, 5.74) is 4.07. The van der Waals surface area contributed by atoms with Crippen molar-refractivity contribution in [2.75, 3.05) is 40.3 Å². The van der Waals surface area contributed by atoms with Crippen LogP contribution in [0.1, 0.15) is 49.8 Å². The van der Waals surface area contributed by atoms with E-state index < -0.39 is 0 Å². The molecule has 0 radical (unpaired) electrons. The average molecular weight is 521 g/mol. The Bertz CT molecular complexity index is 1080. The fraction of sp³-hybridized carbons (Fsp3) is 0.484. The average Bonchev–Trinajstić information content (AvgIpc) is 3.56. The third kappa shape index (κ3) is 9.62. The van der Waals surface area contributed by atoms with Gasteiger partial charge >= 0.3 is 0 Å². The highest BCUT2D eigenvalue weighted by Gasteiger charge is 2.34. The Balaban J connectivity index is 0.000000160. The number of hydrogen-bond donors (Lipinski definition) is 3. The molecule has 3 N–H and O–H groups in total. The van der Waals surface area contributed by atoms with Crippen molar-refractivity contribution in [2.45, 2.75) is 51.5 Å². The standard InChI is InChI=1S/C11H16N2O.C11H11NO2.C9H17N/c1-13(8-7-12-10-14)9-11-5-3-2-4-6-11;1-14-10-2-3-11-8(7-10)6-9(12-11)4-5-13;1-2-4-9(3-1)5-7-10-8-6-9/h2-6,10H,7-9H2,1H3,(H,12,14);2-3,5-7,12H,4H2,1H3;10H,1-8H2. The molecule has 2 heterocycles.